The molecule has 1 N–H and O–H groups in total. The predicted molar refractivity (Wildman–Crippen MR) is 55.7 cm³/mol. The van der Waals surface area contributed by atoms with Gasteiger partial charge in [-0.05, 0) is 12.1 Å². The molecule has 0 radical (unpaired) electrons. The number of hydrogen-bond acceptors (Lipinski definition) is 5. The van der Waals surface area contributed by atoms with Gasteiger partial charge in [-0.25, -0.2) is 0 Å². The number of carbonyl (C=O) groups excluding carboxylic acids is 1. The van der Waals surface area contributed by atoms with Crippen LogP contribution in [0.1, 0.15) is 16.8 Å². The molecule has 0 atom stereocenters. The number of nitrogens with zero attached hydrogens (tertiary/aromatic N) is 1. The van der Waals surface area contributed by atoms with Gasteiger partial charge in [0.05, 0.1) is 17.1 Å². The summed E-state index contributed by atoms with van der Waals surface area (Å²) in [6.45, 7) is 0.558. The molecule has 1 aromatic rings. The van der Waals surface area contributed by atoms with Gasteiger partial charge in [0, 0.05) is 19.1 Å². The molecular weight excluding hydrogens is 214 g/mol. The van der Waals surface area contributed by atoms with Crippen LogP contribution in [0.3, 0.4) is 0 Å². The smallest absolute Gasteiger partial charge is 0.280 e. The number of nitro groups is 1. The van der Waals surface area contributed by atoms with Gasteiger partial charge in [-0.2, -0.15) is 0 Å². The maximum absolute atomic E-state index is 10.7. The van der Waals surface area contributed by atoms with Crippen molar-refractivity contribution >= 4 is 12.0 Å². The first-order valence-corrected chi connectivity index (χ1v) is 4.63. The predicted octanol–water partition coefficient (Wildman–Crippen LogP) is 1.17. The van der Waals surface area contributed by atoms with Gasteiger partial charge in [-0.1, -0.05) is 0 Å². The first-order valence-electron chi connectivity index (χ1n) is 5.04. The Bertz CT molecular complexity index is 410. The number of aldehydes is 1. The van der Waals surface area contributed by atoms with E-state index in [2.05, 4.69) is 5.11 Å². The minimum Gasteiger partial charge on any atom is -0.493 e. The van der Waals surface area contributed by atoms with Crippen LogP contribution in [0.4, 0.5) is 5.69 Å². The fraction of sp³-hybridized carbons (Fsp3) is 0.300. The van der Waals surface area contributed by atoms with Crippen LogP contribution in [0.25, 0.3) is 0 Å². The Balaban J connectivity index is 2.69. The molecule has 0 aliphatic carbocycles. The molecule has 1 aromatic carbocycles. The molecule has 1 rings (SSSR count). The van der Waals surface area contributed by atoms with Crippen molar-refractivity contribution < 1.29 is 19.6 Å². The summed E-state index contributed by atoms with van der Waals surface area (Å²) in [5.74, 6) is 0.377. The molecule has 16 heavy (non-hydrogen) atoms. The van der Waals surface area contributed by atoms with Crippen LogP contribution in [0, 0.1) is 10.1 Å². The minimum absolute atomic E-state index is 0.0239. The van der Waals surface area contributed by atoms with Crippen LogP contribution in [-0.2, 0) is 0 Å². The zero-order valence-corrected chi connectivity index (χ0v) is 8.42. The van der Waals surface area contributed by atoms with Crippen molar-refractivity contribution in [2.24, 2.45) is 0 Å². The topological polar surface area (TPSA) is 89.7 Å². The van der Waals surface area contributed by atoms with Crippen LogP contribution >= 0.6 is 0 Å². The Morgan fingerprint density at radius 3 is 3.06 bits per heavy atom. The van der Waals surface area contributed by atoms with Gasteiger partial charge >= 0.3 is 0 Å². The Morgan fingerprint density at radius 2 is 2.44 bits per heavy atom. The molecule has 0 aliphatic heterocycles. The fourth-order valence-electron chi connectivity index (χ4n) is 1.13. The molecule has 0 heterocycles. The Morgan fingerprint density at radius 1 is 1.62 bits per heavy atom. The van der Waals surface area contributed by atoms with Crippen molar-refractivity contribution in [2.45, 2.75) is 6.42 Å². The molecule has 0 saturated carbocycles. The lowest BCUT2D eigenvalue weighted by Crippen LogP contribution is -2.01. The fourth-order valence-corrected chi connectivity index (χ4v) is 1.13. The summed E-state index contributed by atoms with van der Waals surface area (Å²) in [4.78, 5) is 20.6. The van der Waals surface area contributed by atoms with Gasteiger partial charge in [-0.15, -0.1) is 0 Å². The van der Waals surface area contributed by atoms with E-state index in [0.29, 0.717) is 25.1 Å². The molecule has 0 spiro atoms. The summed E-state index contributed by atoms with van der Waals surface area (Å²) >= 11 is 0. The van der Waals surface area contributed by atoms with E-state index in [1.807, 2.05) is 0 Å². The Kier molecular flexibility index (Phi) is 3.84. The third kappa shape index (κ3) is 3.03. The molecule has 6 heteroatoms. The molecular formula is C10H11NO5. The van der Waals surface area contributed by atoms with E-state index in [1.165, 1.54) is 18.2 Å². The highest BCUT2D eigenvalue weighted by Crippen LogP contribution is 2.22. The maximum Gasteiger partial charge on any atom is 0.280 e. The average molecular weight is 227 g/mol. The van der Waals surface area contributed by atoms with Crippen molar-refractivity contribution in [1.29, 1.82) is 1.43 Å². The van der Waals surface area contributed by atoms with E-state index in [0.717, 1.165) is 0 Å². The van der Waals surface area contributed by atoms with Crippen molar-refractivity contribution in [3.8, 4) is 5.75 Å². The van der Waals surface area contributed by atoms with Gasteiger partial charge < -0.3 is 9.85 Å². The van der Waals surface area contributed by atoms with Crippen molar-refractivity contribution in [2.75, 3.05) is 13.2 Å². The van der Waals surface area contributed by atoms with E-state index in [-0.39, 0.29) is 17.9 Å². The van der Waals surface area contributed by atoms with Gasteiger partial charge in [0.15, 0.2) is 6.29 Å². The molecule has 0 saturated heterocycles. The zero-order chi connectivity index (χ0) is 12.7. The highest BCUT2D eigenvalue weighted by molar-refractivity contribution is 5.82. The van der Waals surface area contributed by atoms with Crippen molar-refractivity contribution in [3.05, 3.63) is 33.9 Å². The number of nitro benzene ring substituents is 1. The number of rotatable bonds is 7. The standard InChI is InChI=1S/C10H11NO5/c12-4-1-5-16-9-2-3-10(11(14)15)8(6-9)7-13/h2-3,6-7,12H,1,4-5H2/i12T. The summed E-state index contributed by atoms with van der Waals surface area (Å²) < 4.78 is 11.7. The maximum atomic E-state index is 10.7. The van der Waals surface area contributed by atoms with E-state index >= 15 is 0 Å². The van der Waals surface area contributed by atoms with Crippen LogP contribution in [0.2, 0.25) is 0 Å². The van der Waals surface area contributed by atoms with E-state index < -0.39 is 4.92 Å². The molecule has 0 unspecified atom stereocenters. The second-order valence-corrected chi connectivity index (χ2v) is 3.00. The number of carbonyl (C=O) groups is 1. The van der Waals surface area contributed by atoms with Crippen LogP contribution in [0.15, 0.2) is 18.2 Å². The normalized spacial score (nSPS) is 10.6. The number of aliphatic hydroxyl groups excluding tert-OH is 1. The molecule has 0 amide bonds. The quantitative estimate of drug-likeness (QED) is 0.327. The van der Waals surface area contributed by atoms with Crippen LogP contribution in [-0.4, -0.2) is 31.0 Å². The second-order valence-electron chi connectivity index (χ2n) is 3.00. The Hall–Kier alpha value is -1.95. The number of hydrogen-bond donors (Lipinski definition) is 1. The summed E-state index contributed by atoms with van der Waals surface area (Å²) in [7, 11) is 0. The Labute approximate surface area is 93.1 Å². The highest BCUT2D eigenvalue weighted by Gasteiger charge is 2.13. The van der Waals surface area contributed by atoms with Gasteiger partial charge in [0.25, 0.3) is 5.69 Å². The van der Waals surface area contributed by atoms with Crippen molar-refractivity contribution in [1.82, 2.24) is 0 Å². The van der Waals surface area contributed by atoms with Gasteiger partial charge in [0.1, 0.15) is 5.75 Å². The van der Waals surface area contributed by atoms with E-state index in [9.17, 15) is 14.9 Å². The molecule has 6 nitrogen and oxygen atoms in total. The largest absolute Gasteiger partial charge is 0.493 e. The molecule has 0 bridgehead atoms. The number of benzene rings is 1. The summed E-state index contributed by atoms with van der Waals surface area (Å²) in [5, 5.41) is 14.7. The van der Waals surface area contributed by atoms with E-state index in [1.54, 1.807) is 0 Å². The molecule has 86 valence electrons. The lowest BCUT2D eigenvalue weighted by Gasteiger charge is -2.05. The highest BCUT2D eigenvalue weighted by atomic mass is 16.6. The van der Waals surface area contributed by atoms with Gasteiger partial charge in [0.2, 0.25) is 1.43 Å². The summed E-state index contributed by atoms with van der Waals surface area (Å²) in [6.07, 6.45) is 0.939. The SMILES string of the molecule is [3H]OCCCOc1ccc([N+](=O)[O-])c(C=O)c1. The molecule has 0 aliphatic rings. The monoisotopic (exact) mass is 227 g/mol. The van der Waals surface area contributed by atoms with E-state index in [4.69, 9.17) is 6.17 Å². The third-order valence-electron chi connectivity index (χ3n) is 1.88. The lowest BCUT2D eigenvalue weighted by molar-refractivity contribution is -0.385. The summed E-state index contributed by atoms with van der Waals surface area (Å²) in [6, 6.07) is 3.96. The molecule has 0 fully saturated rings. The van der Waals surface area contributed by atoms with Gasteiger partial charge in [-0.3, -0.25) is 14.9 Å². The minimum atomic E-state index is -0.624. The third-order valence-corrected chi connectivity index (χ3v) is 1.88. The van der Waals surface area contributed by atoms with Crippen LogP contribution < -0.4 is 4.74 Å². The second kappa shape index (κ2) is 5.82. The number of aliphatic hydroxyl groups is 1. The van der Waals surface area contributed by atoms with Crippen LogP contribution in [0.5, 0.6) is 5.75 Å². The lowest BCUT2D eigenvalue weighted by atomic mass is 10.2. The van der Waals surface area contributed by atoms with Crippen molar-refractivity contribution in [3.63, 3.8) is 0 Å². The summed E-state index contributed by atoms with van der Waals surface area (Å²) in [5.41, 5.74) is -0.272. The first kappa shape index (κ1) is 10.6. The molecule has 0 aromatic heterocycles. The average Bonchev–Trinajstić information content (AvgIpc) is 2.34. The first-order chi connectivity index (χ1) is 8.19. The number of ether oxygens (including phenoxy) is 1. The zero-order valence-electron chi connectivity index (χ0n) is 9.42.